The molecule has 0 fully saturated rings. The van der Waals surface area contributed by atoms with Crippen molar-refractivity contribution < 1.29 is 8.78 Å². The molecule has 0 spiro atoms. The molecule has 5 heteroatoms. The fourth-order valence-corrected chi connectivity index (χ4v) is 1.82. The Kier molecular flexibility index (Phi) is 3.98. The van der Waals surface area contributed by atoms with E-state index in [2.05, 4.69) is 5.32 Å². The largest absolute Gasteiger partial charge is 0.380 e. The molecule has 0 bridgehead atoms. The molecule has 2 nitrogen and oxygen atoms in total. The van der Waals surface area contributed by atoms with E-state index in [1.54, 1.807) is 0 Å². The highest BCUT2D eigenvalue weighted by Crippen LogP contribution is 2.23. The van der Waals surface area contributed by atoms with Gasteiger partial charge in [0.15, 0.2) is 0 Å². The zero-order chi connectivity index (χ0) is 13.8. The average Bonchev–Trinajstić information content (AvgIpc) is 2.39. The van der Waals surface area contributed by atoms with Crippen LogP contribution in [0.4, 0.5) is 14.5 Å². The van der Waals surface area contributed by atoms with Crippen molar-refractivity contribution in [1.29, 1.82) is 5.26 Å². The molecule has 1 N–H and O–H groups in total. The lowest BCUT2D eigenvalue weighted by atomic mass is 10.1. The number of nitrogens with one attached hydrogen (secondary N) is 1. The topological polar surface area (TPSA) is 35.8 Å². The van der Waals surface area contributed by atoms with Crippen molar-refractivity contribution >= 4 is 17.3 Å². The van der Waals surface area contributed by atoms with Crippen LogP contribution < -0.4 is 5.32 Å². The molecule has 0 saturated heterocycles. The third kappa shape index (κ3) is 3.21. The van der Waals surface area contributed by atoms with Crippen LogP contribution in [0.3, 0.4) is 0 Å². The molecule has 2 aromatic rings. The summed E-state index contributed by atoms with van der Waals surface area (Å²) in [7, 11) is 0. The molecule has 0 radical (unpaired) electrons. The summed E-state index contributed by atoms with van der Waals surface area (Å²) < 4.78 is 26.5. The van der Waals surface area contributed by atoms with Crippen LogP contribution in [0.25, 0.3) is 0 Å². The predicted molar refractivity (Wildman–Crippen MR) is 69.9 cm³/mol. The summed E-state index contributed by atoms with van der Waals surface area (Å²) in [5.74, 6) is -0.898. The molecule has 0 saturated carbocycles. The molecule has 0 atom stereocenters. The Morgan fingerprint density at radius 3 is 2.58 bits per heavy atom. The van der Waals surface area contributed by atoms with Crippen molar-refractivity contribution in [2.24, 2.45) is 0 Å². The second-order valence-corrected chi connectivity index (χ2v) is 4.30. The first-order chi connectivity index (χ1) is 9.10. The molecule has 96 valence electrons. The molecule has 0 aliphatic carbocycles. The molecule has 2 aromatic carbocycles. The van der Waals surface area contributed by atoms with Crippen molar-refractivity contribution in [2.75, 3.05) is 5.32 Å². The summed E-state index contributed by atoms with van der Waals surface area (Å²) in [5, 5.41) is 11.8. The summed E-state index contributed by atoms with van der Waals surface area (Å²) in [6.45, 7) is 0.197. The van der Waals surface area contributed by atoms with Gasteiger partial charge in [0, 0.05) is 12.1 Å². The number of hydrogen-bond donors (Lipinski definition) is 1. The van der Waals surface area contributed by atoms with E-state index in [1.807, 2.05) is 6.07 Å². The van der Waals surface area contributed by atoms with Gasteiger partial charge in [-0.25, -0.2) is 8.78 Å². The van der Waals surface area contributed by atoms with Gasteiger partial charge in [-0.3, -0.25) is 0 Å². The monoisotopic (exact) mass is 278 g/mol. The Morgan fingerprint density at radius 1 is 1.16 bits per heavy atom. The van der Waals surface area contributed by atoms with Crippen LogP contribution in [0, 0.1) is 23.0 Å². The number of hydrogen-bond acceptors (Lipinski definition) is 2. The van der Waals surface area contributed by atoms with Crippen LogP contribution in [-0.2, 0) is 6.54 Å². The molecule has 2 rings (SSSR count). The van der Waals surface area contributed by atoms with Crippen molar-refractivity contribution in [3.8, 4) is 6.07 Å². The average molecular weight is 279 g/mol. The van der Waals surface area contributed by atoms with Crippen LogP contribution >= 0.6 is 11.6 Å². The van der Waals surface area contributed by atoms with E-state index in [9.17, 15) is 8.78 Å². The lowest BCUT2D eigenvalue weighted by Gasteiger charge is -2.09. The normalized spacial score (nSPS) is 10.0. The van der Waals surface area contributed by atoms with E-state index in [0.717, 1.165) is 0 Å². The maximum atomic E-state index is 13.6. The third-order valence-electron chi connectivity index (χ3n) is 2.58. The number of benzene rings is 2. The van der Waals surface area contributed by atoms with Crippen LogP contribution in [0.1, 0.15) is 11.1 Å². The maximum absolute atomic E-state index is 13.6. The van der Waals surface area contributed by atoms with Crippen LogP contribution in [-0.4, -0.2) is 0 Å². The SMILES string of the molecule is N#Cc1ccc(CNc2ccc(F)cc2Cl)c(F)c1. The summed E-state index contributed by atoms with van der Waals surface area (Å²) in [6.07, 6.45) is 0. The fourth-order valence-electron chi connectivity index (χ4n) is 1.58. The zero-order valence-electron chi connectivity index (χ0n) is 9.75. The van der Waals surface area contributed by atoms with Gasteiger partial charge < -0.3 is 5.32 Å². The quantitative estimate of drug-likeness (QED) is 0.917. The van der Waals surface area contributed by atoms with Gasteiger partial charge in [-0.1, -0.05) is 17.7 Å². The zero-order valence-corrected chi connectivity index (χ0v) is 10.5. The first-order valence-electron chi connectivity index (χ1n) is 5.47. The first kappa shape index (κ1) is 13.3. The van der Waals surface area contributed by atoms with Crippen LogP contribution in [0.5, 0.6) is 0 Å². The highest BCUT2D eigenvalue weighted by Gasteiger charge is 2.05. The lowest BCUT2D eigenvalue weighted by Crippen LogP contribution is -2.02. The minimum absolute atomic E-state index is 0.197. The molecule has 0 amide bonds. The molecule has 0 heterocycles. The van der Waals surface area contributed by atoms with Gasteiger partial charge in [0.1, 0.15) is 11.6 Å². The van der Waals surface area contributed by atoms with E-state index < -0.39 is 11.6 Å². The fraction of sp³-hybridized carbons (Fsp3) is 0.0714. The molecule has 0 aromatic heterocycles. The second kappa shape index (κ2) is 5.68. The number of nitrogens with zero attached hydrogens (tertiary/aromatic N) is 1. The summed E-state index contributed by atoms with van der Waals surface area (Å²) in [6, 6.07) is 10.0. The Labute approximate surface area is 114 Å². The van der Waals surface area contributed by atoms with Crippen molar-refractivity contribution in [3.05, 3.63) is 64.2 Å². The van der Waals surface area contributed by atoms with E-state index >= 15 is 0 Å². The van der Waals surface area contributed by atoms with Crippen LogP contribution in [0.15, 0.2) is 36.4 Å². The number of halogens is 3. The Balaban J connectivity index is 2.13. The van der Waals surface area contributed by atoms with E-state index in [-0.39, 0.29) is 17.1 Å². The van der Waals surface area contributed by atoms with Gasteiger partial charge in [-0.15, -0.1) is 0 Å². The lowest BCUT2D eigenvalue weighted by molar-refractivity contribution is 0.612. The number of anilines is 1. The molecule has 19 heavy (non-hydrogen) atoms. The second-order valence-electron chi connectivity index (χ2n) is 3.90. The highest BCUT2D eigenvalue weighted by molar-refractivity contribution is 6.33. The van der Waals surface area contributed by atoms with Crippen molar-refractivity contribution in [3.63, 3.8) is 0 Å². The van der Waals surface area contributed by atoms with Gasteiger partial charge in [0.25, 0.3) is 0 Å². The molecule has 0 aliphatic heterocycles. The van der Waals surface area contributed by atoms with E-state index in [4.69, 9.17) is 16.9 Å². The van der Waals surface area contributed by atoms with Gasteiger partial charge in [-0.2, -0.15) is 5.26 Å². The minimum Gasteiger partial charge on any atom is -0.380 e. The van der Waals surface area contributed by atoms with Crippen LogP contribution in [0.2, 0.25) is 5.02 Å². The van der Waals surface area contributed by atoms with E-state index in [0.29, 0.717) is 11.3 Å². The summed E-state index contributed by atoms with van der Waals surface area (Å²) in [4.78, 5) is 0. The van der Waals surface area contributed by atoms with Gasteiger partial charge in [-0.05, 0) is 30.3 Å². The number of nitriles is 1. The minimum atomic E-state index is -0.468. The molecular formula is C14H9ClF2N2. The summed E-state index contributed by atoms with van der Waals surface area (Å²) in [5.41, 5.74) is 1.19. The first-order valence-corrected chi connectivity index (χ1v) is 5.85. The standard InChI is InChI=1S/C14H9ClF2N2/c15-12-6-11(16)3-4-14(12)19-8-10-2-1-9(7-18)5-13(10)17/h1-6,19H,8H2. The van der Waals surface area contributed by atoms with Gasteiger partial charge >= 0.3 is 0 Å². The van der Waals surface area contributed by atoms with Crippen molar-refractivity contribution in [1.82, 2.24) is 0 Å². The highest BCUT2D eigenvalue weighted by atomic mass is 35.5. The summed E-state index contributed by atoms with van der Waals surface area (Å²) >= 11 is 5.84. The Hall–Kier alpha value is -2.12. The molecular weight excluding hydrogens is 270 g/mol. The maximum Gasteiger partial charge on any atom is 0.129 e. The van der Waals surface area contributed by atoms with Crippen molar-refractivity contribution in [2.45, 2.75) is 6.54 Å². The predicted octanol–water partition coefficient (Wildman–Crippen LogP) is 4.10. The van der Waals surface area contributed by atoms with E-state index in [1.165, 1.54) is 36.4 Å². The number of rotatable bonds is 3. The Bertz CT molecular complexity index is 650. The third-order valence-corrected chi connectivity index (χ3v) is 2.90. The van der Waals surface area contributed by atoms with Gasteiger partial charge in [0.2, 0.25) is 0 Å². The molecule has 0 aliphatic rings. The van der Waals surface area contributed by atoms with Gasteiger partial charge in [0.05, 0.1) is 22.3 Å². The molecule has 0 unspecified atom stereocenters. The smallest absolute Gasteiger partial charge is 0.129 e. The Morgan fingerprint density at radius 2 is 1.95 bits per heavy atom.